The van der Waals surface area contributed by atoms with E-state index in [4.69, 9.17) is 0 Å². The Morgan fingerprint density at radius 1 is 1.46 bits per heavy atom. The summed E-state index contributed by atoms with van der Waals surface area (Å²) in [7, 11) is 0. The van der Waals surface area contributed by atoms with Crippen molar-refractivity contribution in [1.82, 2.24) is 9.55 Å². The normalized spacial score (nSPS) is 22.8. The van der Waals surface area contributed by atoms with E-state index in [2.05, 4.69) is 36.5 Å². The summed E-state index contributed by atoms with van der Waals surface area (Å²) in [6.07, 6.45) is 6.46. The number of imidazole rings is 1. The fourth-order valence-corrected chi connectivity index (χ4v) is 2.09. The number of nitrogens with zero attached hydrogens (tertiary/aromatic N) is 2. The van der Waals surface area contributed by atoms with Crippen LogP contribution in [0.4, 0.5) is 0 Å². The van der Waals surface area contributed by atoms with E-state index in [1.165, 1.54) is 12.2 Å². The van der Waals surface area contributed by atoms with Crippen LogP contribution >= 0.6 is 0 Å². The van der Waals surface area contributed by atoms with Gasteiger partial charge in [-0.3, -0.25) is 0 Å². The molecule has 1 unspecified atom stereocenters. The largest absolute Gasteiger partial charge is 0.335 e. The number of rotatable bonds is 0. The molecule has 0 radical (unpaired) electrons. The first-order valence-corrected chi connectivity index (χ1v) is 5.07. The zero-order valence-electron chi connectivity index (χ0n) is 8.75. The Labute approximate surface area is 80.0 Å². The first kappa shape index (κ1) is 8.79. The van der Waals surface area contributed by atoms with Crippen molar-refractivity contribution in [2.24, 2.45) is 11.3 Å². The van der Waals surface area contributed by atoms with Crippen molar-refractivity contribution in [3.63, 3.8) is 0 Å². The third-order valence-electron chi connectivity index (χ3n) is 3.17. The Bertz CT molecular complexity index is 293. The van der Waals surface area contributed by atoms with Gasteiger partial charge in [0.15, 0.2) is 0 Å². The van der Waals surface area contributed by atoms with Gasteiger partial charge in [-0.2, -0.15) is 0 Å². The molecule has 1 aliphatic rings. The minimum absolute atomic E-state index is 0.428. The van der Waals surface area contributed by atoms with Crippen molar-refractivity contribution in [2.45, 2.75) is 40.2 Å². The van der Waals surface area contributed by atoms with Crippen molar-refractivity contribution in [3.05, 3.63) is 18.2 Å². The Balaban J connectivity index is 2.18. The van der Waals surface area contributed by atoms with E-state index < -0.39 is 0 Å². The van der Waals surface area contributed by atoms with Crippen LogP contribution in [0.5, 0.6) is 0 Å². The van der Waals surface area contributed by atoms with Crippen LogP contribution in [0.3, 0.4) is 0 Å². The maximum Gasteiger partial charge on any atom is 0.108 e. The molecular formula is C11H18N2. The smallest absolute Gasteiger partial charge is 0.108 e. The lowest BCUT2D eigenvalue weighted by Gasteiger charge is -2.34. The second-order valence-electron chi connectivity index (χ2n) is 5.09. The molecule has 0 bridgehead atoms. The van der Waals surface area contributed by atoms with E-state index in [1.807, 2.05) is 6.20 Å². The molecule has 2 heteroatoms. The van der Waals surface area contributed by atoms with Crippen molar-refractivity contribution < 1.29 is 0 Å². The van der Waals surface area contributed by atoms with Crippen LogP contribution in [0, 0.1) is 11.3 Å². The van der Waals surface area contributed by atoms with Gasteiger partial charge in [-0.1, -0.05) is 20.8 Å². The van der Waals surface area contributed by atoms with E-state index in [-0.39, 0.29) is 0 Å². The molecule has 1 aliphatic heterocycles. The minimum Gasteiger partial charge on any atom is -0.335 e. The molecule has 1 aromatic rings. The number of aromatic nitrogens is 2. The first-order valence-electron chi connectivity index (χ1n) is 5.07. The van der Waals surface area contributed by atoms with Gasteiger partial charge in [-0.15, -0.1) is 0 Å². The number of hydrogen-bond acceptors (Lipinski definition) is 1. The maximum absolute atomic E-state index is 4.38. The topological polar surface area (TPSA) is 17.8 Å². The highest BCUT2D eigenvalue weighted by molar-refractivity contribution is 4.99. The highest BCUT2D eigenvalue weighted by Crippen LogP contribution is 2.34. The zero-order valence-corrected chi connectivity index (χ0v) is 8.75. The molecule has 0 fully saturated rings. The van der Waals surface area contributed by atoms with Crippen molar-refractivity contribution >= 4 is 0 Å². The third kappa shape index (κ3) is 1.62. The lowest BCUT2D eigenvalue weighted by Crippen LogP contribution is -2.29. The van der Waals surface area contributed by atoms with Gasteiger partial charge >= 0.3 is 0 Å². The van der Waals surface area contributed by atoms with E-state index in [1.54, 1.807) is 0 Å². The second kappa shape index (κ2) is 2.86. The van der Waals surface area contributed by atoms with Gasteiger partial charge in [0.1, 0.15) is 5.82 Å². The Morgan fingerprint density at radius 3 is 2.92 bits per heavy atom. The summed E-state index contributed by atoms with van der Waals surface area (Å²) in [5.74, 6) is 2.06. The molecule has 1 aromatic heterocycles. The lowest BCUT2D eigenvalue weighted by molar-refractivity contribution is 0.193. The van der Waals surface area contributed by atoms with Crippen molar-refractivity contribution in [3.8, 4) is 0 Å². The monoisotopic (exact) mass is 178 g/mol. The van der Waals surface area contributed by atoms with Crippen LogP contribution in [-0.2, 0) is 13.0 Å². The molecule has 2 rings (SSSR count). The van der Waals surface area contributed by atoms with E-state index in [0.717, 1.165) is 18.9 Å². The van der Waals surface area contributed by atoms with E-state index in [0.29, 0.717) is 5.41 Å². The summed E-state index contributed by atoms with van der Waals surface area (Å²) in [6.45, 7) is 8.14. The van der Waals surface area contributed by atoms with Gasteiger partial charge in [-0.25, -0.2) is 4.98 Å². The van der Waals surface area contributed by atoms with E-state index in [9.17, 15) is 0 Å². The SMILES string of the molecule is CC(C)(C)C1CCn2ccnc2C1. The highest BCUT2D eigenvalue weighted by atomic mass is 15.1. The molecule has 0 aromatic carbocycles. The Kier molecular flexibility index (Phi) is 1.94. The van der Waals surface area contributed by atoms with Gasteiger partial charge in [0, 0.05) is 25.4 Å². The van der Waals surface area contributed by atoms with Gasteiger partial charge in [0.05, 0.1) is 0 Å². The molecule has 0 saturated carbocycles. The predicted octanol–water partition coefficient (Wildman–Crippen LogP) is 2.49. The molecule has 0 spiro atoms. The molecule has 1 atom stereocenters. The van der Waals surface area contributed by atoms with Crippen molar-refractivity contribution in [1.29, 1.82) is 0 Å². The molecule has 0 saturated heterocycles. The standard InChI is InChI=1S/C11H18N2/c1-11(2,3)9-4-6-13-7-5-12-10(13)8-9/h5,7,9H,4,6,8H2,1-3H3. The Morgan fingerprint density at radius 2 is 2.23 bits per heavy atom. The highest BCUT2D eigenvalue weighted by Gasteiger charge is 2.28. The average molecular weight is 178 g/mol. The minimum atomic E-state index is 0.428. The Hall–Kier alpha value is -0.790. The quantitative estimate of drug-likeness (QED) is 0.597. The zero-order chi connectivity index (χ0) is 9.47. The average Bonchev–Trinajstić information content (AvgIpc) is 2.47. The molecule has 72 valence electrons. The van der Waals surface area contributed by atoms with Gasteiger partial charge in [-0.05, 0) is 17.8 Å². The number of hydrogen-bond donors (Lipinski definition) is 0. The summed E-state index contributed by atoms with van der Waals surface area (Å²) in [4.78, 5) is 4.38. The van der Waals surface area contributed by atoms with Gasteiger partial charge in [0.2, 0.25) is 0 Å². The molecule has 0 amide bonds. The fourth-order valence-electron chi connectivity index (χ4n) is 2.09. The molecular weight excluding hydrogens is 160 g/mol. The van der Waals surface area contributed by atoms with Gasteiger partial charge in [0.25, 0.3) is 0 Å². The molecule has 0 N–H and O–H groups in total. The van der Waals surface area contributed by atoms with Gasteiger partial charge < -0.3 is 4.57 Å². The van der Waals surface area contributed by atoms with Crippen molar-refractivity contribution in [2.75, 3.05) is 0 Å². The summed E-state index contributed by atoms with van der Waals surface area (Å²) >= 11 is 0. The van der Waals surface area contributed by atoms with Crippen LogP contribution in [-0.4, -0.2) is 9.55 Å². The van der Waals surface area contributed by atoms with E-state index >= 15 is 0 Å². The predicted molar refractivity (Wildman–Crippen MR) is 53.5 cm³/mol. The summed E-state index contributed by atoms with van der Waals surface area (Å²) in [5.41, 5.74) is 0.428. The number of aryl methyl sites for hydroxylation is 1. The molecule has 13 heavy (non-hydrogen) atoms. The summed E-state index contributed by atoms with van der Waals surface area (Å²) in [6, 6.07) is 0. The fraction of sp³-hybridized carbons (Fsp3) is 0.727. The molecule has 2 nitrogen and oxygen atoms in total. The second-order valence-corrected chi connectivity index (χ2v) is 5.09. The maximum atomic E-state index is 4.38. The van der Waals surface area contributed by atoms with Crippen LogP contribution in [0.2, 0.25) is 0 Å². The third-order valence-corrected chi connectivity index (χ3v) is 3.17. The number of fused-ring (bicyclic) bond motifs is 1. The summed E-state index contributed by atoms with van der Waals surface area (Å²) < 4.78 is 2.28. The molecule has 0 aliphatic carbocycles. The first-order chi connectivity index (χ1) is 6.07. The van der Waals surface area contributed by atoms with Crippen LogP contribution in [0.25, 0.3) is 0 Å². The van der Waals surface area contributed by atoms with Crippen LogP contribution in [0.1, 0.15) is 33.0 Å². The lowest BCUT2D eigenvalue weighted by atomic mass is 9.75. The summed E-state index contributed by atoms with van der Waals surface area (Å²) in [5, 5.41) is 0. The van der Waals surface area contributed by atoms with Crippen LogP contribution < -0.4 is 0 Å². The van der Waals surface area contributed by atoms with Crippen LogP contribution in [0.15, 0.2) is 12.4 Å². The molecule has 2 heterocycles.